The van der Waals surface area contributed by atoms with Crippen molar-refractivity contribution in [3.05, 3.63) is 11.7 Å². The summed E-state index contributed by atoms with van der Waals surface area (Å²) in [5.74, 6) is 3.43. The number of nitrogens with zero attached hydrogens (tertiary/aromatic N) is 2. The molecule has 0 unspecified atom stereocenters. The van der Waals surface area contributed by atoms with E-state index < -0.39 is 0 Å². The van der Waals surface area contributed by atoms with Crippen molar-refractivity contribution in [1.82, 2.24) is 15.5 Å². The van der Waals surface area contributed by atoms with Gasteiger partial charge in [0, 0.05) is 11.6 Å². The van der Waals surface area contributed by atoms with Crippen LogP contribution in [0.3, 0.4) is 0 Å². The van der Waals surface area contributed by atoms with Gasteiger partial charge in [0.25, 0.3) is 0 Å². The molecule has 1 aromatic rings. The molecule has 1 aliphatic rings. The molecule has 2 heterocycles. The second-order valence-corrected chi connectivity index (χ2v) is 3.48. The van der Waals surface area contributed by atoms with Crippen LogP contribution in [0.5, 0.6) is 0 Å². The maximum Gasteiger partial charge on any atom is 0.244 e. The van der Waals surface area contributed by atoms with Crippen molar-refractivity contribution in [2.24, 2.45) is 0 Å². The van der Waals surface area contributed by atoms with Gasteiger partial charge in [0.05, 0.1) is 6.04 Å². The van der Waals surface area contributed by atoms with Crippen molar-refractivity contribution in [3.63, 3.8) is 0 Å². The van der Waals surface area contributed by atoms with Gasteiger partial charge in [-0.1, -0.05) is 5.16 Å². The Hall–Kier alpha value is -0.260. The minimum absolute atomic E-state index is 0. The highest BCUT2D eigenvalue weighted by Gasteiger charge is 2.21. The zero-order chi connectivity index (χ0) is 7.68. The van der Waals surface area contributed by atoms with E-state index >= 15 is 0 Å². The Bertz CT molecular complexity index is 249. The smallest absolute Gasteiger partial charge is 0.244 e. The topological polar surface area (TPSA) is 51.0 Å². The summed E-state index contributed by atoms with van der Waals surface area (Å²) in [6, 6.07) is 0.265. The molecule has 1 N–H and O–H groups in total. The second-order valence-electron chi connectivity index (χ2n) is 2.45. The predicted octanol–water partition coefficient (Wildman–Crippen LogP) is 1.13. The van der Waals surface area contributed by atoms with E-state index in [4.69, 9.17) is 4.52 Å². The fraction of sp³-hybridized carbons (Fsp3) is 0.667. The molecule has 1 aliphatic heterocycles. The Morgan fingerprint density at radius 2 is 2.50 bits per heavy atom. The molecule has 0 amide bonds. The number of thioether (sulfide) groups is 1. The lowest BCUT2D eigenvalue weighted by Gasteiger charge is -1.99. The van der Waals surface area contributed by atoms with Crippen LogP contribution in [0.15, 0.2) is 4.52 Å². The van der Waals surface area contributed by atoms with E-state index in [1.807, 2.05) is 18.7 Å². The first kappa shape index (κ1) is 9.83. The fourth-order valence-corrected chi connectivity index (χ4v) is 1.94. The van der Waals surface area contributed by atoms with Gasteiger partial charge in [-0.25, -0.2) is 0 Å². The molecule has 0 aromatic carbocycles. The van der Waals surface area contributed by atoms with Crippen LogP contribution in [-0.2, 0) is 0 Å². The van der Waals surface area contributed by atoms with E-state index in [0.717, 1.165) is 11.6 Å². The number of hydrogen-bond donors (Lipinski definition) is 1. The van der Waals surface area contributed by atoms with Crippen LogP contribution in [0.1, 0.15) is 17.8 Å². The maximum atomic E-state index is 5.01. The number of aryl methyl sites for hydroxylation is 1. The molecule has 1 fully saturated rings. The van der Waals surface area contributed by atoms with Crippen LogP contribution in [0.2, 0.25) is 0 Å². The third-order valence-electron chi connectivity index (χ3n) is 1.56. The lowest BCUT2D eigenvalue weighted by atomic mass is 10.3. The zero-order valence-corrected chi connectivity index (χ0v) is 8.24. The van der Waals surface area contributed by atoms with Crippen molar-refractivity contribution < 1.29 is 4.52 Å². The molecule has 0 spiro atoms. The molecule has 12 heavy (non-hydrogen) atoms. The Labute approximate surface area is 80.9 Å². The summed E-state index contributed by atoms with van der Waals surface area (Å²) in [5.41, 5.74) is 0. The molecule has 4 nitrogen and oxygen atoms in total. The highest BCUT2D eigenvalue weighted by molar-refractivity contribution is 7.99. The summed E-state index contributed by atoms with van der Waals surface area (Å²) >= 11 is 1.85. The van der Waals surface area contributed by atoms with Crippen molar-refractivity contribution in [2.45, 2.75) is 13.0 Å². The molecule has 0 aliphatic carbocycles. The standard InChI is InChI=1S/C6H9N3OS.ClH/c1-4-8-6(10-9-4)5-2-11-3-7-5;/h5,7H,2-3H2,1H3;1H/t5-;/m1./s1. The van der Waals surface area contributed by atoms with Gasteiger partial charge in [0.1, 0.15) is 0 Å². The molecule has 1 atom stereocenters. The SMILES string of the molecule is Cc1noc([C@H]2CSCN2)n1.Cl. The maximum absolute atomic E-state index is 5.01. The molecule has 2 rings (SSSR count). The Kier molecular flexibility index (Phi) is 3.37. The van der Waals surface area contributed by atoms with Gasteiger partial charge in [-0.2, -0.15) is 4.98 Å². The highest BCUT2D eigenvalue weighted by atomic mass is 35.5. The summed E-state index contributed by atoms with van der Waals surface area (Å²) in [4.78, 5) is 4.14. The average Bonchev–Trinajstić information content (AvgIpc) is 2.55. The lowest BCUT2D eigenvalue weighted by molar-refractivity contribution is 0.348. The molecule has 68 valence electrons. The van der Waals surface area contributed by atoms with Crippen LogP contribution < -0.4 is 5.32 Å². The molecule has 6 heteroatoms. The van der Waals surface area contributed by atoms with Crippen LogP contribution in [-0.4, -0.2) is 21.8 Å². The predicted molar refractivity (Wildman–Crippen MR) is 49.5 cm³/mol. The zero-order valence-electron chi connectivity index (χ0n) is 6.61. The largest absolute Gasteiger partial charge is 0.338 e. The molecule has 0 radical (unpaired) electrons. The van der Waals surface area contributed by atoms with Gasteiger partial charge in [0.15, 0.2) is 5.82 Å². The van der Waals surface area contributed by atoms with Crippen molar-refractivity contribution in [3.8, 4) is 0 Å². The van der Waals surface area contributed by atoms with Crippen LogP contribution in [0, 0.1) is 6.92 Å². The third kappa shape index (κ3) is 1.91. The highest BCUT2D eigenvalue weighted by Crippen LogP contribution is 2.22. The number of hydrogen-bond acceptors (Lipinski definition) is 5. The number of rotatable bonds is 1. The molecule has 1 aromatic heterocycles. The average molecular weight is 208 g/mol. The number of nitrogens with one attached hydrogen (secondary N) is 1. The Morgan fingerprint density at radius 3 is 3.00 bits per heavy atom. The normalized spacial score (nSPS) is 22.2. The van der Waals surface area contributed by atoms with Gasteiger partial charge in [-0.15, -0.1) is 24.2 Å². The van der Waals surface area contributed by atoms with E-state index in [1.54, 1.807) is 0 Å². The number of aromatic nitrogens is 2. The first-order chi connectivity index (χ1) is 5.36. The summed E-state index contributed by atoms with van der Waals surface area (Å²) in [7, 11) is 0. The molecule has 0 bridgehead atoms. The van der Waals surface area contributed by atoms with Gasteiger partial charge in [-0.05, 0) is 6.92 Å². The minimum Gasteiger partial charge on any atom is -0.338 e. The lowest BCUT2D eigenvalue weighted by Crippen LogP contribution is -2.14. The van der Waals surface area contributed by atoms with Crippen molar-refractivity contribution in [2.75, 3.05) is 11.6 Å². The van der Waals surface area contributed by atoms with Gasteiger partial charge >= 0.3 is 0 Å². The van der Waals surface area contributed by atoms with Crippen LogP contribution >= 0.6 is 24.2 Å². The van der Waals surface area contributed by atoms with E-state index in [9.17, 15) is 0 Å². The van der Waals surface area contributed by atoms with E-state index in [0.29, 0.717) is 11.7 Å². The van der Waals surface area contributed by atoms with Gasteiger partial charge in [0.2, 0.25) is 5.89 Å². The van der Waals surface area contributed by atoms with Crippen LogP contribution in [0.25, 0.3) is 0 Å². The molecule has 1 saturated heterocycles. The summed E-state index contributed by atoms with van der Waals surface area (Å²) < 4.78 is 5.01. The fourth-order valence-electron chi connectivity index (χ4n) is 1.01. The first-order valence-corrected chi connectivity index (χ1v) is 4.63. The summed E-state index contributed by atoms with van der Waals surface area (Å²) in [5, 5.41) is 6.98. The van der Waals surface area contributed by atoms with E-state index in [2.05, 4.69) is 15.5 Å². The Balaban J connectivity index is 0.000000720. The quantitative estimate of drug-likeness (QED) is 0.749. The van der Waals surface area contributed by atoms with E-state index in [-0.39, 0.29) is 18.4 Å². The van der Waals surface area contributed by atoms with Crippen molar-refractivity contribution in [1.29, 1.82) is 0 Å². The summed E-state index contributed by atoms with van der Waals surface area (Å²) in [6.45, 7) is 1.83. The molecule has 0 saturated carbocycles. The number of halogens is 1. The van der Waals surface area contributed by atoms with Crippen molar-refractivity contribution >= 4 is 24.2 Å². The van der Waals surface area contributed by atoms with Gasteiger partial charge in [-0.3, -0.25) is 5.32 Å². The van der Waals surface area contributed by atoms with Gasteiger partial charge < -0.3 is 4.52 Å². The second kappa shape index (κ2) is 4.11. The summed E-state index contributed by atoms with van der Waals surface area (Å²) in [6.07, 6.45) is 0. The molecular weight excluding hydrogens is 198 g/mol. The minimum atomic E-state index is 0. The monoisotopic (exact) mass is 207 g/mol. The molecular formula is C6H10ClN3OS. The van der Waals surface area contributed by atoms with E-state index in [1.165, 1.54) is 0 Å². The Morgan fingerprint density at radius 1 is 1.67 bits per heavy atom. The first-order valence-electron chi connectivity index (χ1n) is 3.47. The van der Waals surface area contributed by atoms with Crippen LogP contribution in [0.4, 0.5) is 0 Å². The third-order valence-corrected chi connectivity index (χ3v) is 2.50.